The molecule has 6 heteroatoms. The van der Waals surface area contributed by atoms with Crippen LogP contribution in [0.3, 0.4) is 0 Å². The number of nitrogens with one attached hydrogen (secondary N) is 2. The molecule has 0 aromatic heterocycles. The topological polar surface area (TPSA) is 82.9 Å². The van der Waals surface area contributed by atoms with Gasteiger partial charge in [0.25, 0.3) is 5.91 Å². The fourth-order valence-electron chi connectivity index (χ4n) is 1.97. The van der Waals surface area contributed by atoms with Crippen LogP contribution in [0.15, 0.2) is 34.6 Å². The summed E-state index contributed by atoms with van der Waals surface area (Å²) >= 11 is 0. The van der Waals surface area contributed by atoms with Gasteiger partial charge in [-0.1, -0.05) is 23.4 Å². The molecule has 0 saturated carbocycles. The Morgan fingerprint density at radius 3 is 2.68 bits per heavy atom. The summed E-state index contributed by atoms with van der Waals surface area (Å²) in [5.74, 6) is -0.662. The van der Waals surface area contributed by atoms with Crippen LogP contribution in [0.4, 0.5) is 5.69 Å². The lowest BCUT2D eigenvalue weighted by Crippen LogP contribution is -2.59. The zero-order chi connectivity index (χ0) is 13.9. The Balaban J connectivity index is 2.24. The second-order valence-corrected chi connectivity index (χ2v) is 4.56. The predicted molar refractivity (Wildman–Crippen MR) is 70.7 cm³/mol. The summed E-state index contributed by atoms with van der Waals surface area (Å²) < 4.78 is 0. The lowest BCUT2D eigenvalue weighted by Gasteiger charge is -2.30. The lowest BCUT2D eigenvalue weighted by atomic mass is 9.89. The first-order valence-electron chi connectivity index (χ1n) is 6.08. The summed E-state index contributed by atoms with van der Waals surface area (Å²) in [5.41, 5.74) is 2.88. The molecule has 2 rings (SSSR count). The molecular weight excluding hydrogens is 244 g/mol. The van der Waals surface area contributed by atoms with E-state index in [9.17, 15) is 9.59 Å². The van der Waals surface area contributed by atoms with Gasteiger partial charge in [-0.15, -0.1) is 0 Å². The third kappa shape index (κ3) is 2.47. The Bertz CT molecular complexity index is 541. The van der Waals surface area contributed by atoms with Gasteiger partial charge in [0.2, 0.25) is 0 Å². The largest absolute Gasteiger partial charge is 0.323 e. The summed E-state index contributed by atoms with van der Waals surface area (Å²) in [6.07, 6.45) is 0.309. The van der Waals surface area contributed by atoms with E-state index in [1.54, 1.807) is 6.07 Å². The van der Waals surface area contributed by atoms with E-state index in [0.717, 1.165) is 5.56 Å². The van der Waals surface area contributed by atoms with Crippen LogP contribution in [-0.4, -0.2) is 23.8 Å². The molecule has 0 fully saturated rings. The van der Waals surface area contributed by atoms with Crippen LogP contribution in [0.1, 0.15) is 18.9 Å². The Labute approximate surface area is 111 Å². The number of amides is 1. The standard InChI is InChI=1S/C13H16N4O2/c1-9-5-3-4-6-11(9)15-12(19)13(10(2)18)7-8-14-17-16-13/h3-6H,7-8H2,1-2H3,(H,14,16)(H,15,19). The van der Waals surface area contributed by atoms with Crippen molar-refractivity contribution in [3.63, 3.8) is 0 Å². The molecule has 1 aliphatic heterocycles. The summed E-state index contributed by atoms with van der Waals surface area (Å²) in [6, 6.07) is 7.41. The Morgan fingerprint density at radius 1 is 1.37 bits per heavy atom. The number of carbonyl (C=O) groups excluding carboxylic acids is 2. The maximum atomic E-state index is 12.4. The van der Waals surface area contributed by atoms with Crippen molar-refractivity contribution in [1.82, 2.24) is 5.43 Å². The number of aryl methyl sites for hydroxylation is 1. The minimum absolute atomic E-state index is 0.266. The number of anilines is 1. The number of hydrogen-bond acceptors (Lipinski definition) is 5. The van der Waals surface area contributed by atoms with Gasteiger partial charge >= 0.3 is 0 Å². The van der Waals surface area contributed by atoms with Gasteiger partial charge < -0.3 is 5.32 Å². The van der Waals surface area contributed by atoms with Gasteiger partial charge in [0.1, 0.15) is 0 Å². The van der Waals surface area contributed by atoms with Crippen LogP contribution < -0.4 is 10.7 Å². The predicted octanol–water partition coefficient (Wildman–Crippen LogP) is 1.62. The molecule has 1 aromatic carbocycles. The van der Waals surface area contributed by atoms with Crippen molar-refractivity contribution in [3.05, 3.63) is 29.8 Å². The average Bonchev–Trinajstić information content (AvgIpc) is 2.42. The molecule has 2 N–H and O–H groups in total. The molecule has 1 amide bonds. The zero-order valence-corrected chi connectivity index (χ0v) is 10.9. The fourth-order valence-corrected chi connectivity index (χ4v) is 1.97. The van der Waals surface area contributed by atoms with Crippen molar-refractivity contribution in [2.45, 2.75) is 25.8 Å². The molecule has 0 aliphatic carbocycles. The van der Waals surface area contributed by atoms with E-state index in [2.05, 4.69) is 21.1 Å². The molecule has 1 heterocycles. The lowest BCUT2D eigenvalue weighted by molar-refractivity contribution is -0.134. The summed E-state index contributed by atoms with van der Waals surface area (Å²) in [4.78, 5) is 24.2. The highest BCUT2D eigenvalue weighted by Gasteiger charge is 2.44. The first kappa shape index (κ1) is 13.2. The van der Waals surface area contributed by atoms with Gasteiger partial charge in [-0.3, -0.25) is 15.0 Å². The van der Waals surface area contributed by atoms with Crippen molar-refractivity contribution in [3.8, 4) is 0 Å². The number of carbonyl (C=O) groups is 2. The highest BCUT2D eigenvalue weighted by atomic mass is 16.2. The number of nitrogens with zero attached hydrogens (tertiary/aromatic N) is 2. The Kier molecular flexibility index (Phi) is 3.59. The van der Waals surface area contributed by atoms with Gasteiger partial charge in [0.15, 0.2) is 11.3 Å². The smallest absolute Gasteiger partial charge is 0.259 e. The van der Waals surface area contributed by atoms with Gasteiger partial charge in [0, 0.05) is 12.1 Å². The third-order valence-electron chi connectivity index (χ3n) is 3.28. The van der Waals surface area contributed by atoms with Gasteiger partial charge in [-0.05, 0) is 25.5 Å². The van der Waals surface area contributed by atoms with Crippen molar-refractivity contribution in [2.75, 3.05) is 11.9 Å². The van der Waals surface area contributed by atoms with Crippen molar-refractivity contribution in [2.24, 2.45) is 10.3 Å². The van der Waals surface area contributed by atoms with Crippen LogP contribution in [0.5, 0.6) is 0 Å². The van der Waals surface area contributed by atoms with Crippen molar-refractivity contribution in [1.29, 1.82) is 0 Å². The number of hydrogen-bond donors (Lipinski definition) is 2. The fraction of sp³-hybridized carbons (Fsp3) is 0.385. The SMILES string of the molecule is CC(=O)C1(C(=O)Nc2ccccc2C)CCN=NN1. The maximum Gasteiger partial charge on any atom is 0.259 e. The van der Waals surface area contributed by atoms with E-state index in [-0.39, 0.29) is 5.78 Å². The summed E-state index contributed by atoms with van der Waals surface area (Å²) in [7, 11) is 0. The highest BCUT2D eigenvalue weighted by molar-refractivity contribution is 6.15. The van der Waals surface area contributed by atoms with E-state index < -0.39 is 11.4 Å². The molecule has 0 radical (unpaired) electrons. The highest BCUT2D eigenvalue weighted by Crippen LogP contribution is 2.21. The van der Waals surface area contributed by atoms with E-state index in [1.165, 1.54) is 6.92 Å². The van der Waals surface area contributed by atoms with Gasteiger partial charge in [-0.25, -0.2) is 0 Å². The zero-order valence-electron chi connectivity index (χ0n) is 10.9. The minimum atomic E-state index is -1.32. The molecule has 100 valence electrons. The van der Waals surface area contributed by atoms with E-state index in [1.807, 2.05) is 25.1 Å². The molecule has 0 saturated heterocycles. The first-order valence-corrected chi connectivity index (χ1v) is 6.08. The summed E-state index contributed by atoms with van der Waals surface area (Å²) in [6.45, 7) is 3.63. The second-order valence-electron chi connectivity index (χ2n) is 4.56. The van der Waals surface area contributed by atoms with E-state index in [0.29, 0.717) is 18.7 Å². The number of rotatable bonds is 3. The van der Waals surface area contributed by atoms with Gasteiger partial charge in [-0.2, -0.15) is 5.11 Å². The molecule has 1 aromatic rings. The molecule has 6 nitrogen and oxygen atoms in total. The molecule has 19 heavy (non-hydrogen) atoms. The molecule has 0 spiro atoms. The molecule has 0 bridgehead atoms. The molecular formula is C13H16N4O2. The van der Waals surface area contributed by atoms with Gasteiger partial charge in [0.05, 0.1) is 6.54 Å². The minimum Gasteiger partial charge on any atom is -0.323 e. The average molecular weight is 260 g/mol. The van der Waals surface area contributed by atoms with Crippen LogP contribution >= 0.6 is 0 Å². The van der Waals surface area contributed by atoms with Crippen LogP contribution in [0.25, 0.3) is 0 Å². The number of Topliss-reactive ketones (excluding diaryl/α,β-unsaturated/α-hetero) is 1. The van der Waals surface area contributed by atoms with Crippen molar-refractivity contribution < 1.29 is 9.59 Å². The van der Waals surface area contributed by atoms with Crippen molar-refractivity contribution >= 4 is 17.4 Å². The maximum absolute atomic E-state index is 12.4. The number of benzene rings is 1. The first-order chi connectivity index (χ1) is 9.06. The quantitative estimate of drug-likeness (QED) is 0.810. The van der Waals surface area contributed by atoms with Crippen LogP contribution in [0.2, 0.25) is 0 Å². The normalized spacial score (nSPS) is 21.6. The van der Waals surface area contributed by atoms with Crippen LogP contribution in [0, 0.1) is 6.92 Å². The molecule has 1 atom stereocenters. The molecule has 1 aliphatic rings. The molecule has 1 unspecified atom stereocenters. The third-order valence-corrected chi connectivity index (χ3v) is 3.28. The number of para-hydroxylation sites is 1. The monoisotopic (exact) mass is 260 g/mol. The Hall–Kier alpha value is -2.24. The second kappa shape index (κ2) is 5.17. The summed E-state index contributed by atoms with van der Waals surface area (Å²) in [5, 5.41) is 10.2. The van der Waals surface area contributed by atoms with E-state index >= 15 is 0 Å². The van der Waals surface area contributed by atoms with E-state index in [4.69, 9.17) is 0 Å². The number of ketones is 1. The Morgan fingerprint density at radius 2 is 2.11 bits per heavy atom. The van der Waals surface area contributed by atoms with Crippen LogP contribution in [-0.2, 0) is 9.59 Å².